The highest BCUT2D eigenvalue weighted by atomic mass is 19.4. The van der Waals surface area contributed by atoms with Gasteiger partial charge in [-0.25, -0.2) is 0 Å². The zero-order valence-electron chi connectivity index (χ0n) is 13.7. The third-order valence-corrected chi connectivity index (χ3v) is 3.46. The fourth-order valence-corrected chi connectivity index (χ4v) is 2.20. The quantitative estimate of drug-likeness (QED) is 0.548. The molecule has 0 atom stereocenters. The molecule has 0 radical (unpaired) electrons. The van der Waals surface area contributed by atoms with Gasteiger partial charge in [0, 0.05) is 11.8 Å². The number of halogens is 6. The maximum atomic E-state index is 12.9. The number of phenolic OH excluding ortho intramolecular Hbond substituents is 1. The third-order valence-electron chi connectivity index (χ3n) is 3.46. The summed E-state index contributed by atoms with van der Waals surface area (Å²) in [4.78, 5) is 12.3. The number of nitrogens with zero attached hydrogens (tertiary/aromatic N) is 1. The molecule has 0 aliphatic rings. The average Bonchev–Trinajstić information content (AvgIpc) is 2.59. The average molecular weight is 400 g/mol. The SMILES string of the molecule is N#C/C=C/c1ccc(O)c(C(=O)Nc2cc(C(F)(F)F)cc(C(F)(F)F)c2)c1. The highest BCUT2D eigenvalue weighted by Crippen LogP contribution is 2.37. The molecule has 0 spiro atoms. The van der Waals surface area contributed by atoms with Crippen LogP contribution in [0.15, 0.2) is 42.5 Å². The van der Waals surface area contributed by atoms with Gasteiger partial charge in [0.25, 0.3) is 5.91 Å². The number of hydrogen-bond donors (Lipinski definition) is 2. The number of allylic oxidation sites excluding steroid dienone is 1. The zero-order valence-corrected chi connectivity index (χ0v) is 13.7. The van der Waals surface area contributed by atoms with Crippen LogP contribution in [0.4, 0.5) is 32.0 Å². The van der Waals surface area contributed by atoms with Crippen molar-refractivity contribution in [1.82, 2.24) is 0 Å². The van der Waals surface area contributed by atoms with Gasteiger partial charge in [-0.05, 0) is 42.0 Å². The Labute approximate surface area is 154 Å². The fourth-order valence-electron chi connectivity index (χ4n) is 2.20. The Hall–Kier alpha value is -3.48. The predicted molar refractivity (Wildman–Crippen MR) is 87.2 cm³/mol. The summed E-state index contributed by atoms with van der Waals surface area (Å²) >= 11 is 0. The first-order valence-corrected chi connectivity index (χ1v) is 7.42. The standard InChI is InChI=1S/C18H10F6N2O2/c19-17(20,21)11-7-12(18(22,23)24)9-13(8-11)26-16(28)14-6-10(2-1-5-25)3-4-15(14)27/h1-4,6-9,27H,(H,26,28)/b2-1+. The number of aromatic hydroxyl groups is 1. The third kappa shape index (κ3) is 5.03. The number of phenols is 1. The smallest absolute Gasteiger partial charge is 0.416 e. The number of carbonyl (C=O) groups is 1. The van der Waals surface area contributed by atoms with Crippen molar-refractivity contribution in [3.8, 4) is 11.8 Å². The van der Waals surface area contributed by atoms with E-state index in [1.807, 2.05) is 5.32 Å². The van der Waals surface area contributed by atoms with E-state index in [0.717, 1.165) is 18.2 Å². The van der Waals surface area contributed by atoms with Gasteiger partial charge in [-0.1, -0.05) is 6.07 Å². The normalized spacial score (nSPS) is 12.0. The van der Waals surface area contributed by atoms with Gasteiger partial charge in [-0.3, -0.25) is 4.79 Å². The van der Waals surface area contributed by atoms with Crippen molar-refractivity contribution < 1.29 is 36.2 Å². The molecule has 2 N–H and O–H groups in total. The van der Waals surface area contributed by atoms with E-state index in [0.29, 0.717) is 17.7 Å². The van der Waals surface area contributed by atoms with Crippen LogP contribution in [-0.4, -0.2) is 11.0 Å². The van der Waals surface area contributed by atoms with Gasteiger partial charge in [0.15, 0.2) is 0 Å². The largest absolute Gasteiger partial charge is 0.507 e. The molecule has 0 bridgehead atoms. The molecule has 2 aromatic rings. The molecule has 4 nitrogen and oxygen atoms in total. The molecule has 146 valence electrons. The van der Waals surface area contributed by atoms with Gasteiger partial charge in [0.2, 0.25) is 0 Å². The number of anilines is 1. The number of hydrogen-bond acceptors (Lipinski definition) is 3. The van der Waals surface area contributed by atoms with Crippen LogP contribution in [0.5, 0.6) is 5.75 Å². The highest BCUT2D eigenvalue weighted by Gasteiger charge is 2.37. The van der Waals surface area contributed by atoms with Crippen LogP contribution in [0.1, 0.15) is 27.0 Å². The van der Waals surface area contributed by atoms with Crippen molar-refractivity contribution in [1.29, 1.82) is 5.26 Å². The molecular formula is C18H10F6N2O2. The van der Waals surface area contributed by atoms with Gasteiger partial charge < -0.3 is 10.4 Å². The Morgan fingerprint density at radius 2 is 1.57 bits per heavy atom. The summed E-state index contributed by atoms with van der Waals surface area (Å²) in [6, 6.07) is 5.91. The predicted octanol–water partition coefficient (Wildman–Crippen LogP) is 5.22. The van der Waals surface area contributed by atoms with E-state index in [4.69, 9.17) is 5.26 Å². The van der Waals surface area contributed by atoms with Crippen molar-refractivity contribution >= 4 is 17.7 Å². The maximum Gasteiger partial charge on any atom is 0.416 e. The van der Waals surface area contributed by atoms with Crippen LogP contribution in [-0.2, 0) is 12.4 Å². The Kier molecular flexibility index (Phi) is 5.68. The number of amides is 1. The lowest BCUT2D eigenvalue weighted by molar-refractivity contribution is -0.143. The number of alkyl halides is 6. The van der Waals surface area contributed by atoms with Gasteiger partial charge in [0.05, 0.1) is 22.8 Å². The van der Waals surface area contributed by atoms with Crippen LogP contribution in [0.25, 0.3) is 6.08 Å². The van der Waals surface area contributed by atoms with Crippen LogP contribution in [0, 0.1) is 11.3 Å². The molecular weight excluding hydrogens is 390 g/mol. The molecule has 0 fully saturated rings. The van der Waals surface area contributed by atoms with E-state index in [-0.39, 0.29) is 6.07 Å². The Morgan fingerprint density at radius 1 is 1.00 bits per heavy atom. The number of nitriles is 1. The van der Waals surface area contributed by atoms with E-state index in [1.54, 1.807) is 6.07 Å². The fraction of sp³-hybridized carbons (Fsp3) is 0.111. The highest BCUT2D eigenvalue weighted by molar-refractivity contribution is 6.06. The maximum absolute atomic E-state index is 12.9. The van der Waals surface area contributed by atoms with Crippen molar-refractivity contribution in [3.05, 3.63) is 64.7 Å². The van der Waals surface area contributed by atoms with E-state index >= 15 is 0 Å². The van der Waals surface area contributed by atoms with Crippen LogP contribution in [0.3, 0.4) is 0 Å². The summed E-state index contributed by atoms with van der Waals surface area (Å²) in [5.74, 6) is -1.67. The second kappa shape index (κ2) is 7.64. The van der Waals surface area contributed by atoms with E-state index in [2.05, 4.69) is 0 Å². The van der Waals surface area contributed by atoms with Gasteiger partial charge in [-0.2, -0.15) is 31.6 Å². The van der Waals surface area contributed by atoms with Crippen LogP contribution in [0.2, 0.25) is 0 Å². The number of rotatable bonds is 3. The monoisotopic (exact) mass is 400 g/mol. The molecule has 2 aromatic carbocycles. The lowest BCUT2D eigenvalue weighted by Crippen LogP contribution is -2.16. The molecule has 0 aliphatic carbocycles. The summed E-state index contributed by atoms with van der Waals surface area (Å²) < 4.78 is 77.3. The number of nitrogens with one attached hydrogen (secondary N) is 1. The summed E-state index contributed by atoms with van der Waals surface area (Å²) in [6.45, 7) is 0. The summed E-state index contributed by atoms with van der Waals surface area (Å²) in [7, 11) is 0. The van der Waals surface area contributed by atoms with Crippen molar-refractivity contribution in [2.75, 3.05) is 5.32 Å². The van der Waals surface area contributed by atoms with Crippen molar-refractivity contribution in [3.63, 3.8) is 0 Å². The van der Waals surface area contributed by atoms with Crippen LogP contribution >= 0.6 is 0 Å². The Morgan fingerprint density at radius 3 is 2.07 bits per heavy atom. The first-order chi connectivity index (χ1) is 12.9. The minimum atomic E-state index is -5.06. The lowest BCUT2D eigenvalue weighted by atomic mass is 10.1. The Bertz CT molecular complexity index is 939. The first kappa shape index (κ1) is 20.8. The Balaban J connectivity index is 2.44. The topological polar surface area (TPSA) is 73.1 Å². The van der Waals surface area contributed by atoms with Crippen molar-refractivity contribution in [2.45, 2.75) is 12.4 Å². The molecule has 2 rings (SSSR count). The van der Waals surface area contributed by atoms with Gasteiger partial charge >= 0.3 is 12.4 Å². The minimum absolute atomic E-state index is 0.0690. The minimum Gasteiger partial charge on any atom is -0.507 e. The zero-order chi connectivity index (χ0) is 21.1. The molecule has 1 amide bonds. The molecule has 0 saturated heterocycles. The molecule has 10 heteroatoms. The van der Waals surface area contributed by atoms with Gasteiger partial charge in [0.1, 0.15) is 5.75 Å². The molecule has 0 unspecified atom stereocenters. The van der Waals surface area contributed by atoms with Crippen LogP contribution < -0.4 is 5.32 Å². The van der Waals surface area contributed by atoms with E-state index in [9.17, 15) is 36.2 Å². The number of carbonyl (C=O) groups excluding carboxylic acids is 1. The molecule has 0 aliphatic heterocycles. The van der Waals surface area contributed by atoms with E-state index < -0.39 is 46.4 Å². The molecule has 0 saturated carbocycles. The molecule has 0 heterocycles. The molecule has 28 heavy (non-hydrogen) atoms. The first-order valence-electron chi connectivity index (χ1n) is 7.42. The summed E-state index contributed by atoms with van der Waals surface area (Å²) in [5, 5.41) is 20.2. The van der Waals surface area contributed by atoms with Crippen molar-refractivity contribution in [2.24, 2.45) is 0 Å². The summed E-state index contributed by atoms with van der Waals surface area (Å²) in [5.41, 5.74) is -4.01. The van der Waals surface area contributed by atoms with E-state index in [1.165, 1.54) is 12.1 Å². The lowest BCUT2D eigenvalue weighted by Gasteiger charge is -2.15. The van der Waals surface area contributed by atoms with Gasteiger partial charge in [-0.15, -0.1) is 0 Å². The molecule has 0 aromatic heterocycles. The summed E-state index contributed by atoms with van der Waals surface area (Å²) in [6.07, 6.45) is -7.76. The second-order valence-electron chi connectivity index (χ2n) is 5.49. The second-order valence-corrected chi connectivity index (χ2v) is 5.49. The number of benzene rings is 2.